The van der Waals surface area contributed by atoms with Gasteiger partial charge in [0.1, 0.15) is 12.6 Å². The van der Waals surface area contributed by atoms with Gasteiger partial charge in [0.25, 0.3) is 5.91 Å². The van der Waals surface area contributed by atoms with Gasteiger partial charge in [0.15, 0.2) is 0 Å². The third-order valence-corrected chi connectivity index (χ3v) is 5.83. The number of ether oxygens (including phenoxy) is 1. The zero-order valence-corrected chi connectivity index (χ0v) is 19.4. The Morgan fingerprint density at radius 2 is 1.75 bits per heavy atom. The van der Waals surface area contributed by atoms with Crippen molar-refractivity contribution >= 4 is 34.4 Å². The number of esters is 1. The monoisotopic (exact) mass is 503 g/mol. The van der Waals surface area contributed by atoms with E-state index in [-0.39, 0.29) is 36.9 Å². The normalized spacial score (nSPS) is 15.8. The van der Waals surface area contributed by atoms with E-state index in [1.54, 1.807) is 41.8 Å². The Morgan fingerprint density at radius 1 is 1.06 bits per heavy atom. The summed E-state index contributed by atoms with van der Waals surface area (Å²) in [6.45, 7) is 1.86. The van der Waals surface area contributed by atoms with E-state index in [1.165, 1.54) is 35.4 Å². The molecular formula is C25H24F3N3O5. The first-order valence-corrected chi connectivity index (χ1v) is 11.4. The standard InChI is InChI=1S/C25H24F3N3O5/c1-2-35-24(34)19-15-29(20-12-7-6-11-18(19)20)16-22(32)30-14-8-13-21(30)23(33)31(36-25(26,27)28)17-9-4-3-5-10-17/h3-7,9-12,15,21H,2,8,13-14,16H2,1H3. The highest BCUT2D eigenvalue weighted by molar-refractivity contribution is 6.05. The third-order valence-electron chi connectivity index (χ3n) is 5.83. The predicted molar refractivity (Wildman–Crippen MR) is 124 cm³/mol. The smallest absolute Gasteiger partial charge is 0.462 e. The van der Waals surface area contributed by atoms with E-state index in [0.717, 1.165) is 0 Å². The van der Waals surface area contributed by atoms with E-state index >= 15 is 0 Å². The average molecular weight is 503 g/mol. The van der Waals surface area contributed by atoms with E-state index in [0.29, 0.717) is 22.9 Å². The third kappa shape index (κ3) is 5.35. The molecule has 0 saturated carbocycles. The molecule has 1 aliphatic rings. The first-order chi connectivity index (χ1) is 17.2. The molecule has 4 rings (SSSR count). The summed E-state index contributed by atoms with van der Waals surface area (Å²) in [6, 6.07) is 13.0. The molecule has 1 fully saturated rings. The SMILES string of the molecule is CCOC(=O)c1cn(CC(=O)N2CCCC2C(=O)N(OC(F)(F)F)c2ccccc2)c2ccccc12. The lowest BCUT2D eigenvalue weighted by Crippen LogP contribution is -2.50. The maximum atomic E-state index is 13.3. The van der Waals surface area contributed by atoms with Crippen LogP contribution in [-0.2, 0) is 25.7 Å². The minimum atomic E-state index is -5.10. The first-order valence-electron chi connectivity index (χ1n) is 11.4. The summed E-state index contributed by atoms with van der Waals surface area (Å²) < 4.78 is 46.0. The summed E-state index contributed by atoms with van der Waals surface area (Å²) in [5, 5.41) is 0.798. The Kier molecular flexibility index (Phi) is 7.30. The van der Waals surface area contributed by atoms with Crippen LogP contribution in [0.5, 0.6) is 0 Å². The molecule has 2 heterocycles. The lowest BCUT2D eigenvalue weighted by atomic mass is 10.2. The van der Waals surface area contributed by atoms with E-state index in [1.807, 2.05) is 0 Å². The van der Waals surface area contributed by atoms with Crippen LogP contribution in [0.15, 0.2) is 60.8 Å². The van der Waals surface area contributed by atoms with Crippen molar-refractivity contribution in [2.75, 3.05) is 18.2 Å². The summed E-state index contributed by atoms with van der Waals surface area (Å²) in [6.07, 6.45) is -2.96. The van der Waals surface area contributed by atoms with Crippen LogP contribution in [0.2, 0.25) is 0 Å². The number of carbonyl (C=O) groups excluding carboxylic acids is 3. The molecule has 1 saturated heterocycles. The topological polar surface area (TPSA) is 81.1 Å². The van der Waals surface area contributed by atoms with Gasteiger partial charge in [-0.2, -0.15) is 9.90 Å². The lowest BCUT2D eigenvalue weighted by Gasteiger charge is -2.30. The second kappa shape index (κ2) is 10.4. The fourth-order valence-electron chi connectivity index (χ4n) is 4.33. The number of hydrogen-bond acceptors (Lipinski definition) is 5. The van der Waals surface area contributed by atoms with Gasteiger partial charge in [-0.1, -0.05) is 36.4 Å². The van der Waals surface area contributed by atoms with Crippen LogP contribution in [0.1, 0.15) is 30.1 Å². The average Bonchev–Trinajstić information content (AvgIpc) is 3.48. The number of aromatic nitrogens is 1. The highest BCUT2D eigenvalue weighted by Gasteiger charge is 2.42. The van der Waals surface area contributed by atoms with Gasteiger partial charge in [-0.15, -0.1) is 13.2 Å². The van der Waals surface area contributed by atoms with Crippen molar-refractivity contribution in [2.45, 2.75) is 38.7 Å². The quantitative estimate of drug-likeness (QED) is 0.355. The molecule has 36 heavy (non-hydrogen) atoms. The molecule has 2 aromatic carbocycles. The number of likely N-dealkylation sites (tertiary alicyclic amines) is 1. The molecule has 0 aliphatic carbocycles. The highest BCUT2D eigenvalue weighted by atomic mass is 19.4. The van der Waals surface area contributed by atoms with Crippen molar-refractivity contribution in [3.05, 3.63) is 66.4 Å². The van der Waals surface area contributed by atoms with Gasteiger partial charge in [-0.05, 0) is 38.0 Å². The number of amides is 2. The number of hydroxylamine groups is 1. The molecule has 0 spiro atoms. The van der Waals surface area contributed by atoms with Gasteiger partial charge in [-0.25, -0.2) is 4.79 Å². The number of anilines is 1. The van der Waals surface area contributed by atoms with Crippen LogP contribution >= 0.6 is 0 Å². The van der Waals surface area contributed by atoms with Crippen molar-refractivity contribution in [2.24, 2.45) is 0 Å². The molecule has 2 amide bonds. The maximum Gasteiger partial charge on any atom is 0.544 e. The number of nitrogens with zero attached hydrogens (tertiary/aromatic N) is 3. The van der Waals surface area contributed by atoms with Crippen LogP contribution in [0.3, 0.4) is 0 Å². The van der Waals surface area contributed by atoms with Gasteiger partial charge >= 0.3 is 12.3 Å². The number of benzene rings is 2. The molecule has 1 aliphatic heterocycles. The molecule has 1 aromatic heterocycles. The van der Waals surface area contributed by atoms with Gasteiger partial charge in [0, 0.05) is 23.6 Å². The Morgan fingerprint density at radius 3 is 2.44 bits per heavy atom. The Hall–Kier alpha value is -3.86. The van der Waals surface area contributed by atoms with E-state index in [2.05, 4.69) is 4.84 Å². The van der Waals surface area contributed by atoms with Crippen molar-refractivity contribution in [3.63, 3.8) is 0 Å². The number of alkyl halides is 3. The zero-order valence-electron chi connectivity index (χ0n) is 19.4. The van der Waals surface area contributed by atoms with Crippen LogP contribution in [0.4, 0.5) is 18.9 Å². The fourth-order valence-corrected chi connectivity index (χ4v) is 4.33. The zero-order chi connectivity index (χ0) is 25.9. The Bertz CT molecular complexity index is 1260. The van der Waals surface area contributed by atoms with Crippen LogP contribution in [0, 0.1) is 0 Å². The molecule has 1 atom stereocenters. The molecule has 8 nitrogen and oxygen atoms in total. The second-order valence-electron chi connectivity index (χ2n) is 8.16. The van der Waals surface area contributed by atoms with Crippen LogP contribution in [-0.4, -0.2) is 52.8 Å². The molecule has 190 valence electrons. The summed E-state index contributed by atoms with van der Waals surface area (Å²) in [7, 11) is 0. The van der Waals surface area contributed by atoms with Gasteiger partial charge in [0.2, 0.25) is 5.91 Å². The summed E-state index contributed by atoms with van der Waals surface area (Å²) in [5.41, 5.74) is 0.806. The molecule has 1 unspecified atom stereocenters. The first kappa shape index (κ1) is 25.2. The highest BCUT2D eigenvalue weighted by Crippen LogP contribution is 2.29. The number of fused-ring (bicyclic) bond motifs is 1. The Balaban J connectivity index is 1.59. The number of para-hydroxylation sites is 2. The van der Waals surface area contributed by atoms with Gasteiger partial charge < -0.3 is 14.2 Å². The molecular weight excluding hydrogens is 479 g/mol. The molecule has 3 aromatic rings. The maximum absolute atomic E-state index is 13.3. The fraction of sp³-hybridized carbons (Fsp3) is 0.320. The lowest BCUT2D eigenvalue weighted by molar-refractivity contribution is -0.327. The predicted octanol–water partition coefficient (Wildman–Crippen LogP) is 4.29. The van der Waals surface area contributed by atoms with Gasteiger partial charge in [-0.3, -0.25) is 9.59 Å². The van der Waals surface area contributed by atoms with Crippen molar-refractivity contribution in [3.8, 4) is 0 Å². The van der Waals surface area contributed by atoms with E-state index < -0.39 is 30.2 Å². The minimum Gasteiger partial charge on any atom is -0.462 e. The van der Waals surface area contributed by atoms with Crippen molar-refractivity contribution in [1.29, 1.82) is 0 Å². The van der Waals surface area contributed by atoms with Crippen LogP contribution < -0.4 is 5.06 Å². The summed E-state index contributed by atoms with van der Waals surface area (Å²) in [5.74, 6) is -1.99. The van der Waals surface area contributed by atoms with Crippen molar-refractivity contribution < 1.29 is 37.1 Å². The van der Waals surface area contributed by atoms with E-state index in [9.17, 15) is 27.6 Å². The molecule has 0 bridgehead atoms. The second-order valence-corrected chi connectivity index (χ2v) is 8.16. The van der Waals surface area contributed by atoms with Gasteiger partial charge in [0.05, 0.1) is 17.9 Å². The number of halogens is 3. The summed E-state index contributed by atoms with van der Waals surface area (Å²) in [4.78, 5) is 44.2. The Labute approximate surface area is 204 Å². The van der Waals surface area contributed by atoms with E-state index in [4.69, 9.17) is 4.74 Å². The van der Waals surface area contributed by atoms with Crippen LogP contribution in [0.25, 0.3) is 10.9 Å². The minimum absolute atomic E-state index is 0.102. The van der Waals surface area contributed by atoms with Crippen molar-refractivity contribution in [1.82, 2.24) is 9.47 Å². The number of rotatable bonds is 7. The number of carbonyl (C=O) groups is 3. The molecule has 0 N–H and O–H groups in total. The largest absolute Gasteiger partial charge is 0.544 e. The molecule has 11 heteroatoms. The molecule has 0 radical (unpaired) electrons. The number of hydrogen-bond donors (Lipinski definition) is 0. The summed E-state index contributed by atoms with van der Waals surface area (Å²) >= 11 is 0.